The van der Waals surface area contributed by atoms with Crippen LogP contribution in [0.4, 0.5) is 0 Å². The van der Waals surface area contributed by atoms with Crippen molar-refractivity contribution in [1.29, 1.82) is 0 Å². The Hall–Kier alpha value is -2.06. The number of thioether (sulfide) groups is 1. The summed E-state index contributed by atoms with van der Waals surface area (Å²) in [4.78, 5) is 16.5. The van der Waals surface area contributed by atoms with Crippen molar-refractivity contribution in [2.75, 3.05) is 13.2 Å². The number of H-pyrrole nitrogens is 1. The topological polar surface area (TPSA) is 93.0 Å². The van der Waals surface area contributed by atoms with Crippen LogP contribution in [0.3, 0.4) is 0 Å². The van der Waals surface area contributed by atoms with Gasteiger partial charge in [-0.2, -0.15) is 0 Å². The van der Waals surface area contributed by atoms with Crippen LogP contribution in [0.2, 0.25) is 0 Å². The first-order valence-electron chi connectivity index (χ1n) is 8.33. The highest BCUT2D eigenvalue weighted by atomic mass is 32.2. The first-order valence-corrected chi connectivity index (χ1v) is 9.21. The molecule has 25 heavy (non-hydrogen) atoms. The Balaban J connectivity index is 1.48. The van der Waals surface area contributed by atoms with Gasteiger partial charge in [0, 0.05) is 13.2 Å². The molecule has 0 aliphatic carbocycles. The lowest BCUT2D eigenvalue weighted by Crippen LogP contribution is -2.36. The summed E-state index contributed by atoms with van der Waals surface area (Å²) >= 11 is 1.32. The summed E-state index contributed by atoms with van der Waals surface area (Å²) in [6.07, 6.45) is 5.83. The van der Waals surface area contributed by atoms with E-state index in [0.29, 0.717) is 17.5 Å². The van der Waals surface area contributed by atoms with Crippen molar-refractivity contribution < 1.29 is 13.9 Å². The summed E-state index contributed by atoms with van der Waals surface area (Å²) < 4.78 is 11.0. The van der Waals surface area contributed by atoms with Crippen LogP contribution in [0, 0.1) is 6.92 Å². The number of aromatic nitrogens is 3. The summed E-state index contributed by atoms with van der Waals surface area (Å²) in [5.41, 5.74) is 0. The van der Waals surface area contributed by atoms with Gasteiger partial charge in [0.1, 0.15) is 17.3 Å². The minimum Gasteiger partial charge on any atom is -0.462 e. The molecule has 2 atom stereocenters. The highest BCUT2D eigenvalue weighted by Crippen LogP contribution is 2.20. The number of ether oxygens (including phenoxy) is 1. The molecule has 2 aromatic heterocycles. The van der Waals surface area contributed by atoms with Crippen molar-refractivity contribution >= 4 is 29.8 Å². The highest BCUT2D eigenvalue weighted by molar-refractivity contribution is 8.00. The third-order valence-electron chi connectivity index (χ3n) is 3.83. The number of aromatic amines is 1. The highest BCUT2D eigenvalue weighted by Gasteiger charge is 2.20. The second kappa shape index (κ2) is 8.35. The molecule has 2 N–H and O–H groups in total. The van der Waals surface area contributed by atoms with E-state index in [-0.39, 0.29) is 17.3 Å². The van der Waals surface area contributed by atoms with Crippen LogP contribution in [0.15, 0.2) is 21.7 Å². The van der Waals surface area contributed by atoms with Crippen molar-refractivity contribution in [3.63, 3.8) is 0 Å². The number of furan rings is 1. The monoisotopic (exact) mass is 362 g/mol. The molecule has 8 heteroatoms. The molecule has 134 valence electrons. The van der Waals surface area contributed by atoms with Gasteiger partial charge in [-0.1, -0.05) is 11.8 Å². The van der Waals surface area contributed by atoms with Crippen LogP contribution >= 0.6 is 11.8 Å². The smallest absolute Gasteiger partial charge is 0.233 e. The van der Waals surface area contributed by atoms with E-state index in [1.54, 1.807) is 6.08 Å². The normalized spacial score (nSPS) is 18.7. The van der Waals surface area contributed by atoms with E-state index in [1.807, 2.05) is 32.1 Å². The molecule has 3 heterocycles. The molecule has 3 rings (SSSR count). The lowest BCUT2D eigenvalue weighted by molar-refractivity contribution is -0.120. The average Bonchev–Trinajstić information content (AvgIpc) is 3.33. The number of aryl methyl sites for hydroxylation is 1. The van der Waals surface area contributed by atoms with Gasteiger partial charge in [-0.05, 0) is 51.0 Å². The first-order chi connectivity index (χ1) is 12.1. The maximum atomic E-state index is 12.1. The summed E-state index contributed by atoms with van der Waals surface area (Å²) in [6.45, 7) is 5.09. The van der Waals surface area contributed by atoms with Crippen LogP contribution in [0.25, 0.3) is 12.2 Å². The second-order valence-corrected chi connectivity index (χ2v) is 7.23. The standard InChI is InChI=1S/C17H22N4O3S/c1-11-5-6-13(24-11)7-8-15-19-17(21-20-15)25-12(2)16(22)18-10-14-4-3-9-23-14/h5-8,12,14H,3-4,9-10H2,1-2H3,(H,18,22)(H,19,20,21)/b8-7+. The largest absolute Gasteiger partial charge is 0.462 e. The van der Waals surface area contributed by atoms with Gasteiger partial charge in [0.15, 0.2) is 0 Å². The van der Waals surface area contributed by atoms with Crippen LogP contribution in [-0.4, -0.2) is 45.6 Å². The second-order valence-electron chi connectivity index (χ2n) is 5.93. The number of amides is 1. The summed E-state index contributed by atoms with van der Waals surface area (Å²) in [5, 5.41) is 10.2. The molecule has 7 nitrogen and oxygen atoms in total. The minimum atomic E-state index is -0.276. The first kappa shape index (κ1) is 17.8. The molecule has 0 aromatic carbocycles. The Bertz CT molecular complexity index is 734. The molecule has 0 spiro atoms. The molecule has 0 bridgehead atoms. The number of hydrogen-bond donors (Lipinski definition) is 2. The van der Waals surface area contributed by atoms with Gasteiger partial charge in [-0.25, -0.2) is 4.98 Å². The Morgan fingerprint density at radius 3 is 3.12 bits per heavy atom. The van der Waals surface area contributed by atoms with Gasteiger partial charge in [-0.15, -0.1) is 5.10 Å². The van der Waals surface area contributed by atoms with Gasteiger partial charge in [0.05, 0.1) is 11.4 Å². The molecule has 0 radical (unpaired) electrons. The number of carbonyl (C=O) groups excluding carboxylic acids is 1. The summed E-state index contributed by atoms with van der Waals surface area (Å²) in [6, 6.07) is 3.79. The fraction of sp³-hybridized carbons (Fsp3) is 0.471. The van der Waals surface area contributed by atoms with Gasteiger partial charge in [-0.3, -0.25) is 9.89 Å². The van der Waals surface area contributed by atoms with Crippen molar-refractivity contribution in [3.8, 4) is 0 Å². The number of hydrogen-bond acceptors (Lipinski definition) is 6. The molecule has 1 aliphatic heterocycles. The molecule has 1 aliphatic rings. The van der Waals surface area contributed by atoms with Crippen LogP contribution < -0.4 is 5.32 Å². The molecule has 2 aromatic rings. The minimum absolute atomic E-state index is 0.0338. The van der Waals surface area contributed by atoms with E-state index in [4.69, 9.17) is 9.15 Å². The zero-order valence-corrected chi connectivity index (χ0v) is 15.1. The lowest BCUT2D eigenvalue weighted by atomic mass is 10.2. The van der Waals surface area contributed by atoms with Gasteiger partial charge in [0.25, 0.3) is 0 Å². The van der Waals surface area contributed by atoms with E-state index >= 15 is 0 Å². The van der Waals surface area contributed by atoms with Crippen molar-refractivity contribution in [2.45, 2.75) is 43.2 Å². The van der Waals surface area contributed by atoms with Gasteiger partial charge < -0.3 is 14.5 Å². The number of carbonyl (C=O) groups is 1. The van der Waals surface area contributed by atoms with E-state index < -0.39 is 0 Å². The van der Waals surface area contributed by atoms with E-state index in [1.165, 1.54) is 11.8 Å². The third kappa shape index (κ3) is 5.20. The van der Waals surface area contributed by atoms with Crippen LogP contribution in [0.1, 0.15) is 37.1 Å². The molecule has 2 unspecified atom stereocenters. The van der Waals surface area contributed by atoms with Gasteiger partial charge in [0.2, 0.25) is 11.1 Å². The van der Waals surface area contributed by atoms with Crippen LogP contribution in [-0.2, 0) is 9.53 Å². The quantitative estimate of drug-likeness (QED) is 0.736. The molecule has 1 saturated heterocycles. The van der Waals surface area contributed by atoms with E-state index in [9.17, 15) is 4.79 Å². The van der Waals surface area contributed by atoms with Gasteiger partial charge >= 0.3 is 0 Å². The fourth-order valence-electron chi connectivity index (χ4n) is 2.46. The number of nitrogens with zero attached hydrogens (tertiary/aromatic N) is 2. The maximum absolute atomic E-state index is 12.1. The van der Waals surface area contributed by atoms with Crippen molar-refractivity contribution in [1.82, 2.24) is 20.5 Å². The van der Waals surface area contributed by atoms with E-state index in [2.05, 4.69) is 20.5 Å². The summed E-state index contributed by atoms with van der Waals surface area (Å²) in [7, 11) is 0. The molecule has 0 saturated carbocycles. The predicted octanol–water partition coefficient (Wildman–Crippen LogP) is 2.65. The number of rotatable bonds is 7. The molecular weight excluding hydrogens is 340 g/mol. The SMILES string of the molecule is Cc1ccc(/C=C/c2nc(SC(C)C(=O)NCC3CCCO3)n[nH]2)o1. The van der Waals surface area contributed by atoms with E-state index in [0.717, 1.165) is 31.0 Å². The summed E-state index contributed by atoms with van der Waals surface area (Å²) in [5.74, 6) is 2.19. The molecular formula is C17H22N4O3S. The Morgan fingerprint density at radius 2 is 2.40 bits per heavy atom. The van der Waals surface area contributed by atoms with Crippen LogP contribution in [0.5, 0.6) is 0 Å². The van der Waals surface area contributed by atoms with Crippen molar-refractivity contribution in [2.24, 2.45) is 0 Å². The predicted molar refractivity (Wildman–Crippen MR) is 96.1 cm³/mol. The lowest BCUT2D eigenvalue weighted by Gasteiger charge is -2.13. The maximum Gasteiger partial charge on any atom is 0.233 e. The average molecular weight is 362 g/mol. The Morgan fingerprint density at radius 1 is 1.52 bits per heavy atom. The molecule has 1 amide bonds. The zero-order valence-electron chi connectivity index (χ0n) is 14.3. The molecule has 1 fully saturated rings. The Kier molecular flexibility index (Phi) is 5.93. The Labute approximate surface area is 150 Å². The van der Waals surface area contributed by atoms with Crippen molar-refractivity contribution in [3.05, 3.63) is 29.5 Å². The fourth-order valence-corrected chi connectivity index (χ4v) is 3.22. The number of nitrogens with one attached hydrogen (secondary N) is 2. The zero-order chi connectivity index (χ0) is 17.6. The third-order valence-corrected chi connectivity index (χ3v) is 4.79.